The Morgan fingerprint density at radius 2 is 1.21 bits per heavy atom. The van der Waals surface area contributed by atoms with Crippen LogP contribution < -0.4 is 4.72 Å². The van der Waals surface area contributed by atoms with Gasteiger partial charge in [0.25, 0.3) is 0 Å². The zero-order valence-corrected chi connectivity index (χ0v) is 15.1. The van der Waals surface area contributed by atoms with Gasteiger partial charge in [-0.1, -0.05) is 25.3 Å². The number of rotatable bonds is 11. The van der Waals surface area contributed by atoms with E-state index >= 15 is 0 Å². The van der Waals surface area contributed by atoms with Crippen molar-refractivity contribution in [1.29, 1.82) is 0 Å². The number of amides is 1. The maximum atomic E-state index is 13.4. The van der Waals surface area contributed by atoms with Crippen molar-refractivity contribution < 1.29 is 61.9 Å². The molecule has 0 rings (SSSR count). The van der Waals surface area contributed by atoms with Crippen LogP contribution in [0.4, 0.5) is 57.1 Å². The SMILES string of the molecule is CCCCSNC(=O)CCC(F)(F)C(F)(F)C(F)(F)C(F)(F)C(F)(F)C(F)(F)F. The maximum absolute atomic E-state index is 13.4. The maximum Gasteiger partial charge on any atom is 0.460 e. The van der Waals surface area contributed by atoms with Crippen LogP contribution in [0, 0.1) is 0 Å². The van der Waals surface area contributed by atoms with E-state index in [0.717, 1.165) is 0 Å². The van der Waals surface area contributed by atoms with Crippen molar-refractivity contribution in [2.45, 2.75) is 68.4 Å². The predicted molar refractivity (Wildman–Crippen MR) is 75.5 cm³/mol. The summed E-state index contributed by atoms with van der Waals surface area (Å²) in [5, 5.41) is 0. The smallest absolute Gasteiger partial charge is 0.300 e. The second-order valence-corrected chi connectivity index (χ2v) is 6.63. The predicted octanol–water partition coefficient (Wildman–Crippen LogP) is 6.07. The molecule has 29 heavy (non-hydrogen) atoms. The topological polar surface area (TPSA) is 29.1 Å². The number of nitrogens with one attached hydrogen (secondary N) is 1. The molecule has 0 atom stereocenters. The van der Waals surface area contributed by atoms with E-state index in [1.165, 1.54) is 0 Å². The van der Waals surface area contributed by atoms with Gasteiger partial charge in [-0.05, 0) is 6.42 Å². The van der Waals surface area contributed by atoms with Gasteiger partial charge in [-0.2, -0.15) is 57.1 Å². The average molecular weight is 479 g/mol. The molecule has 0 fully saturated rings. The van der Waals surface area contributed by atoms with Gasteiger partial charge in [-0.15, -0.1) is 0 Å². The molecule has 0 aromatic rings. The fraction of sp³-hybridized carbons (Fsp3) is 0.923. The summed E-state index contributed by atoms with van der Waals surface area (Å²) in [6.07, 6.45) is -10.4. The summed E-state index contributed by atoms with van der Waals surface area (Å²) in [4.78, 5) is 11.2. The summed E-state index contributed by atoms with van der Waals surface area (Å²) in [5.41, 5.74) is 0. The van der Waals surface area contributed by atoms with Crippen molar-refractivity contribution in [3.8, 4) is 0 Å². The van der Waals surface area contributed by atoms with Crippen LogP contribution in [0.3, 0.4) is 0 Å². The third kappa shape index (κ3) is 5.34. The molecule has 1 N–H and O–H groups in total. The highest BCUT2D eigenvalue weighted by Crippen LogP contribution is 2.60. The summed E-state index contributed by atoms with van der Waals surface area (Å²) < 4.78 is 169. The van der Waals surface area contributed by atoms with Gasteiger partial charge in [-0.3, -0.25) is 4.79 Å². The number of alkyl halides is 13. The quantitative estimate of drug-likeness (QED) is 0.222. The Hall–Kier alpha value is -1.09. The minimum Gasteiger partial charge on any atom is -0.300 e. The molecule has 0 bridgehead atoms. The highest BCUT2D eigenvalue weighted by atomic mass is 32.2. The van der Waals surface area contributed by atoms with Gasteiger partial charge in [0.05, 0.1) is 0 Å². The lowest BCUT2D eigenvalue weighted by Gasteiger charge is -2.39. The van der Waals surface area contributed by atoms with Gasteiger partial charge in [0, 0.05) is 18.6 Å². The van der Waals surface area contributed by atoms with Crippen LogP contribution in [-0.4, -0.2) is 47.4 Å². The fourth-order valence-electron chi connectivity index (χ4n) is 1.63. The van der Waals surface area contributed by atoms with Gasteiger partial charge >= 0.3 is 35.8 Å². The van der Waals surface area contributed by atoms with Crippen LogP contribution in [0.15, 0.2) is 0 Å². The highest BCUT2D eigenvalue weighted by molar-refractivity contribution is 7.97. The molecule has 0 aliphatic carbocycles. The molecule has 0 unspecified atom stereocenters. The molecule has 0 radical (unpaired) electrons. The first-order valence-electron chi connectivity index (χ1n) is 7.57. The van der Waals surface area contributed by atoms with E-state index in [9.17, 15) is 61.9 Å². The second-order valence-electron chi connectivity index (χ2n) is 5.73. The standard InChI is InChI=1S/C13H14F13NOS/c1-2-3-6-29-27-7(28)4-5-8(14,15)9(16,17)10(18,19)11(20,21)12(22,23)13(24,25)26/h2-6H2,1H3,(H,27,28). The molecule has 0 aliphatic rings. The summed E-state index contributed by atoms with van der Waals surface area (Å²) in [6, 6.07) is 0. The number of hydrogen-bond acceptors (Lipinski definition) is 2. The number of hydrogen-bond donors (Lipinski definition) is 1. The Labute approximate surface area is 159 Å². The van der Waals surface area contributed by atoms with Gasteiger partial charge in [0.2, 0.25) is 5.91 Å². The van der Waals surface area contributed by atoms with E-state index in [4.69, 9.17) is 0 Å². The van der Waals surface area contributed by atoms with Gasteiger partial charge in [0.15, 0.2) is 0 Å². The van der Waals surface area contributed by atoms with Crippen LogP contribution in [0.25, 0.3) is 0 Å². The first kappa shape index (κ1) is 27.9. The fourth-order valence-corrected chi connectivity index (χ4v) is 2.43. The van der Waals surface area contributed by atoms with Crippen molar-refractivity contribution >= 4 is 17.9 Å². The lowest BCUT2D eigenvalue weighted by Crippen LogP contribution is -2.70. The van der Waals surface area contributed by atoms with Crippen LogP contribution in [0.2, 0.25) is 0 Å². The van der Waals surface area contributed by atoms with Crippen LogP contribution in [0.5, 0.6) is 0 Å². The minimum absolute atomic E-state index is 0.256. The van der Waals surface area contributed by atoms with Gasteiger partial charge in [0.1, 0.15) is 0 Å². The summed E-state index contributed by atoms with van der Waals surface area (Å²) in [6.45, 7) is 1.74. The summed E-state index contributed by atoms with van der Waals surface area (Å²) >= 11 is 0.636. The third-order valence-electron chi connectivity index (χ3n) is 3.45. The molecule has 2 nitrogen and oxygen atoms in total. The lowest BCUT2D eigenvalue weighted by atomic mass is 9.92. The van der Waals surface area contributed by atoms with E-state index in [1.54, 1.807) is 6.92 Å². The summed E-state index contributed by atoms with van der Waals surface area (Å²) in [7, 11) is 0. The third-order valence-corrected chi connectivity index (χ3v) is 4.32. The zero-order valence-electron chi connectivity index (χ0n) is 14.3. The zero-order chi connectivity index (χ0) is 23.5. The molecule has 0 heterocycles. The van der Waals surface area contributed by atoms with E-state index in [-0.39, 0.29) is 5.75 Å². The molecule has 0 aliphatic heterocycles. The van der Waals surface area contributed by atoms with Gasteiger partial charge in [-0.25, -0.2) is 0 Å². The van der Waals surface area contributed by atoms with E-state index in [1.807, 2.05) is 4.72 Å². The molecule has 0 aromatic carbocycles. The molecule has 0 spiro atoms. The van der Waals surface area contributed by atoms with Crippen LogP contribution >= 0.6 is 11.9 Å². The first-order valence-corrected chi connectivity index (χ1v) is 8.55. The molecule has 1 amide bonds. The van der Waals surface area contributed by atoms with Crippen molar-refractivity contribution in [2.24, 2.45) is 0 Å². The highest BCUT2D eigenvalue weighted by Gasteiger charge is 2.90. The van der Waals surface area contributed by atoms with E-state index < -0.39 is 54.5 Å². The minimum atomic E-state index is -7.93. The largest absolute Gasteiger partial charge is 0.460 e. The van der Waals surface area contributed by atoms with E-state index in [2.05, 4.69) is 0 Å². The first-order chi connectivity index (χ1) is 12.7. The number of unbranched alkanes of at least 4 members (excludes halogenated alkanes) is 1. The number of carbonyl (C=O) groups excluding carboxylic acids is 1. The van der Waals surface area contributed by atoms with Crippen molar-refractivity contribution in [2.75, 3.05) is 5.75 Å². The summed E-state index contributed by atoms with van der Waals surface area (Å²) in [5.74, 6) is -38.2. The molecule has 0 saturated carbocycles. The molecule has 174 valence electrons. The average Bonchev–Trinajstić information content (AvgIpc) is 2.55. The van der Waals surface area contributed by atoms with Crippen LogP contribution in [-0.2, 0) is 4.79 Å². The Balaban J connectivity index is 5.52. The molecule has 0 aromatic heterocycles. The molecular weight excluding hydrogens is 465 g/mol. The lowest BCUT2D eigenvalue weighted by molar-refractivity contribution is -0.440. The normalized spacial score (nSPS) is 14.8. The Kier molecular flexibility index (Phi) is 8.62. The molecular formula is C13H14F13NOS. The Morgan fingerprint density at radius 3 is 1.62 bits per heavy atom. The Morgan fingerprint density at radius 1 is 0.759 bits per heavy atom. The molecule has 16 heteroatoms. The second kappa shape index (κ2) is 8.96. The van der Waals surface area contributed by atoms with Crippen molar-refractivity contribution in [3.63, 3.8) is 0 Å². The van der Waals surface area contributed by atoms with Crippen molar-refractivity contribution in [3.05, 3.63) is 0 Å². The van der Waals surface area contributed by atoms with E-state index in [0.29, 0.717) is 24.8 Å². The molecule has 0 saturated heterocycles. The van der Waals surface area contributed by atoms with Crippen molar-refractivity contribution in [1.82, 2.24) is 4.72 Å². The van der Waals surface area contributed by atoms with Gasteiger partial charge < -0.3 is 4.72 Å². The monoisotopic (exact) mass is 479 g/mol. The number of carbonyl (C=O) groups is 1. The number of halogens is 13. The Bertz CT molecular complexity index is 561. The van der Waals surface area contributed by atoms with Crippen LogP contribution in [0.1, 0.15) is 32.6 Å².